The second-order valence-electron chi connectivity index (χ2n) is 4.19. The Morgan fingerprint density at radius 2 is 2.00 bits per heavy atom. The molecule has 0 aliphatic heterocycles. The van der Waals surface area contributed by atoms with Gasteiger partial charge >= 0.3 is 0 Å². The van der Waals surface area contributed by atoms with E-state index in [9.17, 15) is 4.79 Å². The highest BCUT2D eigenvalue weighted by atomic mass is 16.5. The van der Waals surface area contributed by atoms with Crippen LogP contribution < -0.4 is 0 Å². The van der Waals surface area contributed by atoms with Gasteiger partial charge < -0.3 is 9.26 Å². The van der Waals surface area contributed by atoms with Crippen molar-refractivity contribution in [1.29, 1.82) is 0 Å². The molecular formula is C11H16N2O3. The van der Waals surface area contributed by atoms with Gasteiger partial charge in [0.1, 0.15) is 5.60 Å². The van der Waals surface area contributed by atoms with Gasteiger partial charge in [-0.25, -0.2) is 0 Å². The van der Waals surface area contributed by atoms with Crippen LogP contribution in [0, 0.1) is 0 Å². The summed E-state index contributed by atoms with van der Waals surface area (Å²) < 4.78 is 10.4. The number of ether oxygens (including phenoxy) is 1. The summed E-state index contributed by atoms with van der Waals surface area (Å²) in [6.07, 6.45) is 6.96. The van der Waals surface area contributed by atoms with Gasteiger partial charge in [0.25, 0.3) is 5.89 Å². The predicted octanol–water partition coefficient (Wildman–Crippen LogP) is 2.08. The fraction of sp³-hybridized carbons (Fsp3) is 0.727. The lowest BCUT2D eigenvalue weighted by atomic mass is 9.93. The van der Waals surface area contributed by atoms with Crippen molar-refractivity contribution in [2.75, 3.05) is 7.11 Å². The van der Waals surface area contributed by atoms with Crippen LogP contribution in [-0.4, -0.2) is 23.5 Å². The molecule has 0 bridgehead atoms. The van der Waals surface area contributed by atoms with Gasteiger partial charge in [0, 0.05) is 7.11 Å². The largest absolute Gasteiger partial charge is 0.370 e. The lowest BCUT2D eigenvalue weighted by Gasteiger charge is -2.27. The summed E-state index contributed by atoms with van der Waals surface area (Å²) in [4.78, 5) is 14.6. The third-order valence-electron chi connectivity index (χ3n) is 3.25. The molecule has 1 saturated carbocycles. The summed E-state index contributed by atoms with van der Waals surface area (Å²) in [5.74, 6) is 0.537. The van der Waals surface area contributed by atoms with E-state index in [4.69, 9.17) is 9.26 Å². The Morgan fingerprint density at radius 1 is 1.31 bits per heavy atom. The fourth-order valence-electron chi connectivity index (χ4n) is 2.29. The van der Waals surface area contributed by atoms with Crippen LogP contribution >= 0.6 is 0 Å². The Labute approximate surface area is 94.2 Å². The van der Waals surface area contributed by atoms with Crippen molar-refractivity contribution in [3.05, 3.63) is 11.7 Å². The van der Waals surface area contributed by atoms with Crippen LogP contribution in [-0.2, 0) is 10.3 Å². The molecule has 0 amide bonds. The second kappa shape index (κ2) is 4.74. The Kier molecular flexibility index (Phi) is 3.33. The molecule has 0 saturated heterocycles. The average molecular weight is 224 g/mol. The number of carbonyl (C=O) groups is 1. The summed E-state index contributed by atoms with van der Waals surface area (Å²) in [7, 11) is 1.67. The first-order valence-corrected chi connectivity index (χ1v) is 5.65. The molecule has 1 aromatic heterocycles. The zero-order chi connectivity index (χ0) is 11.4. The predicted molar refractivity (Wildman–Crippen MR) is 56.1 cm³/mol. The Morgan fingerprint density at radius 3 is 2.50 bits per heavy atom. The number of hydrogen-bond donors (Lipinski definition) is 0. The van der Waals surface area contributed by atoms with Crippen LogP contribution in [0.2, 0.25) is 0 Å². The zero-order valence-electron chi connectivity index (χ0n) is 9.44. The van der Waals surface area contributed by atoms with E-state index in [0.717, 1.165) is 25.7 Å². The van der Waals surface area contributed by atoms with Gasteiger partial charge in [0.15, 0.2) is 0 Å². The van der Waals surface area contributed by atoms with Crippen LogP contribution in [0.25, 0.3) is 0 Å². The lowest BCUT2D eigenvalue weighted by molar-refractivity contribution is -0.0365. The maximum Gasteiger partial charge on any atom is 0.290 e. The van der Waals surface area contributed by atoms with Crippen LogP contribution in [0.5, 0.6) is 0 Å². The number of carbonyl (C=O) groups excluding carboxylic acids is 1. The SMILES string of the molecule is COC1(c2noc(C=O)n2)CCCCCC1. The van der Waals surface area contributed by atoms with Crippen molar-refractivity contribution in [1.82, 2.24) is 10.1 Å². The highest BCUT2D eigenvalue weighted by Gasteiger charge is 2.37. The minimum absolute atomic E-state index is 0.0238. The van der Waals surface area contributed by atoms with E-state index < -0.39 is 5.60 Å². The monoisotopic (exact) mass is 224 g/mol. The summed E-state index contributed by atoms with van der Waals surface area (Å²) in [5, 5.41) is 3.85. The number of aldehydes is 1. The molecule has 0 radical (unpaired) electrons. The second-order valence-corrected chi connectivity index (χ2v) is 4.19. The number of rotatable bonds is 3. The van der Waals surface area contributed by atoms with Crippen LogP contribution in [0.15, 0.2) is 4.52 Å². The summed E-state index contributed by atoms with van der Waals surface area (Å²) in [6, 6.07) is 0. The van der Waals surface area contributed by atoms with Crippen molar-refractivity contribution in [3.8, 4) is 0 Å². The Balaban J connectivity index is 2.27. The quantitative estimate of drug-likeness (QED) is 0.581. The number of methoxy groups -OCH3 is 1. The first-order valence-electron chi connectivity index (χ1n) is 5.65. The molecule has 1 fully saturated rings. The van der Waals surface area contributed by atoms with Crippen molar-refractivity contribution < 1.29 is 14.1 Å². The van der Waals surface area contributed by atoms with Crippen molar-refractivity contribution in [3.63, 3.8) is 0 Å². The van der Waals surface area contributed by atoms with E-state index in [1.54, 1.807) is 7.11 Å². The van der Waals surface area contributed by atoms with E-state index in [2.05, 4.69) is 10.1 Å². The Hall–Kier alpha value is -1.23. The van der Waals surface area contributed by atoms with Crippen molar-refractivity contribution >= 4 is 6.29 Å². The lowest BCUT2D eigenvalue weighted by Crippen LogP contribution is -2.29. The van der Waals surface area contributed by atoms with Crippen molar-refractivity contribution in [2.24, 2.45) is 0 Å². The van der Waals surface area contributed by atoms with Gasteiger partial charge in [0.05, 0.1) is 0 Å². The van der Waals surface area contributed by atoms with Crippen LogP contribution in [0.4, 0.5) is 0 Å². The maximum atomic E-state index is 10.5. The molecule has 5 nitrogen and oxygen atoms in total. The third kappa shape index (κ3) is 2.00. The molecule has 0 N–H and O–H groups in total. The molecular weight excluding hydrogens is 208 g/mol. The molecule has 0 atom stereocenters. The summed E-state index contributed by atoms with van der Waals surface area (Å²) in [6.45, 7) is 0. The first-order chi connectivity index (χ1) is 7.80. The Bertz CT molecular complexity index is 354. The van der Waals surface area contributed by atoms with Crippen LogP contribution in [0.3, 0.4) is 0 Å². The molecule has 1 aromatic rings. The molecule has 1 aliphatic rings. The fourth-order valence-corrected chi connectivity index (χ4v) is 2.29. The molecule has 1 aliphatic carbocycles. The molecule has 88 valence electrons. The van der Waals surface area contributed by atoms with Crippen LogP contribution in [0.1, 0.15) is 55.0 Å². The summed E-state index contributed by atoms with van der Waals surface area (Å²) >= 11 is 0. The van der Waals surface area contributed by atoms with E-state index in [1.165, 1.54) is 12.8 Å². The van der Waals surface area contributed by atoms with Gasteiger partial charge in [-0.1, -0.05) is 30.8 Å². The molecule has 1 heterocycles. The van der Waals surface area contributed by atoms with Gasteiger partial charge in [-0.3, -0.25) is 4.79 Å². The number of nitrogens with zero attached hydrogens (tertiary/aromatic N) is 2. The molecule has 5 heteroatoms. The van der Waals surface area contributed by atoms with E-state index >= 15 is 0 Å². The van der Waals surface area contributed by atoms with Gasteiger partial charge in [-0.15, -0.1) is 0 Å². The molecule has 16 heavy (non-hydrogen) atoms. The van der Waals surface area contributed by atoms with Gasteiger partial charge in [0.2, 0.25) is 12.1 Å². The van der Waals surface area contributed by atoms with Crippen molar-refractivity contribution in [2.45, 2.75) is 44.1 Å². The highest BCUT2D eigenvalue weighted by Crippen LogP contribution is 2.37. The van der Waals surface area contributed by atoms with Gasteiger partial charge in [-0.05, 0) is 12.8 Å². The topological polar surface area (TPSA) is 65.2 Å². The zero-order valence-corrected chi connectivity index (χ0v) is 9.44. The molecule has 0 aromatic carbocycles. The first kappa shape index (κ1) is 11.3. The minimum Gasteiger partial charge on any atom is -0.370 e. The van der Waals surface area contributed by atoms with E-state index in [0.29, 0.717) is 12.1 Å². The van der Waals surface area contributed by atoms with E-state index in [1.807, 2.05) is 0 Å². The average Bonchev–Trinajstić information content (AvgIpc) is 2.68. The highest BCUT2D eigenvalue weighted by molar-refractivity contribution is 5.67. The maximum absolute atomic E-state index is 10.5. The van der Waals surface area contributed by atoms with E-state index in [-0.39, 0.29) is 5.89 Å². The standard InChI is InChI=1S/C11H16N2O3/c1-15-11(6-4-2-3-5-7-11)10-12-9(8-14)16-13-10/h8H,2-7H2,1H3. The molecule has 2 rings (SSSR count). The smallest absolute Gasteiger partial charge is 0.290 e. The van der Waals surface area contributed by atoms with Gasteiger partial charge in [-0.2, -0.15) is 4.98 Å². The minimum atomic E-state index is -0.457. The third-order valence-corrected chi connectivity index (χ3v) is 3.25. The number of aromatic nitrogens is 2. The molecule has 0 spiro atoms. The molecule has 0 unspecified atom stereocenters. The number of hydrogen-bond acceptors (Lipinski definition) is 5. The normalized spacial score (nSPS) is 20.3. The summed E-state index contributed by atoms with van der Waals surface area (Å²) in [5.41, 5.74) is -0.457.